The largest absolute Gasteiger partial charge is 0.497 e. The molecule has 0 radical (unpaired) electrons. The van der Waals surface area contributed by atoms with Crippen molar-refractivity contribution >= 4 is 17.6 Å². The maximum Gasteiger partial charge on any atom is 0.310 e. The van der Waals surface area contributed by atoms with Crippen molar-refractivity contribution in [2.24, 2.45) is 0 Å². The zero-order valence-electron chi connectivity index (χ0n) is 14.2. The van der Waals surface area contributed by atoms with Crippen molar-refractivity contribution in [3.05, 3.63) is 59.7 Å². The quantitative estimate of drug-likeness (QED) is 0.565. The first-order chi connectivity index (χ1) is 11.7. The maximum atomic E-state index is 11.9. The van der Waals surface area contributed by atoms with Crippen molar-refractivity contribution in [1.29, 1.82) is 0 Å². The van der Waals surface area contributed by atoms with Crippen LogP contribution in [0.4, 0.5) is 0 Å². The smallest absolute Gasteiger partial charge is 0.310 e. The number of methoxy groups -OCH3 is 2. The zero-order valence-corrected chi connectivity index (χ0v) is 14.2. The molecule has 0 atom stereocenters. The van der Waals surface area contributed by atoms with Gasteiger partial charge in [0.2, 0.25) is 0 Å². The van der Waals surface area contributed by atoms with Gasteiger partial charge in [-0.05, 0) is 47.9 Å². The number of carbonyl (C=O) groups excluding carboxylic acids is 1. The Balaban J connectivity index is 2.32. The fraction of sp³-hybridized carbons (Fsp3) is 0.250. The van der Waals surface area contributed by atoms with Crippen LogP contribution in [0.3, 0.4) is 0 Å². The van der Waals surface area contributed by atoms with E-state index < -0.39 is 0 Å². The normalized spacial score (nSPS) is 11.0. The van der Waals surface area contributed by atoms with Gasteiger partial charge in [0, 0.05) is 0 Å². The van der Waals surface area contributed by atoms with Gasteiger partial charge in [0.1, 0.15) is 11.5 Å². The van der Waals surface area contributed by atoms with Gasteiger partial charge in [-0.1, -0.05) is 30.3 Å². The number of rotatable bonds is 7. The van der Waals surface area contributed by atoms with E-state index in [1.165, 1.54) is 0 Å². The molecule has 0 heterocycles. The van der Waals surface area contributed by atoms with E-state index in [2.05, 4.69) is 0 Å². The average molecular weight is 326 g/mol. The highest BCUT2D eigenvalue weighted by molar-refractivity contribution is 5.92. The lowest BCUT2D eigenvalue weighted by Crippen LogP contribution is -2.04. The van der Waals surface area contributed by atoms with Gasteiger partial charge in [-0.15, -0.1) is 0 Å². The minimum absolute atomic E-state index is 0.214. The molecule has 0 aliphatic rings. The summed E-state index contributed by atoms with van der Waals surface area (Å²) in [6.07, 6.45) is 2.20. The predicted molar refractivity (Wildman–Crippen MR) is 95.1 cm³/mol. The predicted octanol–water partition coefficient (Wildman–Crippen LogP) is 4.20. The summed E-state index contributed by atoms with van der Waals surface area (Å²) in [6.45, 7) is 2.18. The molecule has 2 aromatic rings. The molecule has 0 aliphatic heterocycles. The van der Waals surface area contributed by atoms with Gasteiger partial charge in [-0.2, -0.15) is 0 Å². The minimum atomic E-state index is -0.243. The molecule has 4 heteroatoms. The Hall–Kier alpha value is -2.75. The van der Waals surface area contributed by atoms with Gasteiger partial charge in [0.15, 0.2) is 0 Å². The van der Waals surface area contributed by atoms with E-state index in [9.17, 15) is 4.79 Å². The summed E-state index contributed by atoms with van der Waals surface area (Å²) in [6, 6.07) is 15.3. The lowest BCUT2D eigenvalue weighted by atomic mass is 9.99. The van der Waals surface area contributed by atoms with Crippen molar-refractivity contribution in [3.63, 3.8) is 0 Å². The van der Waals surface area contributed by atoms with Gasteiger partial charge in [-0.3, -0.25) is 4.79 Å². The molecule has 0 aromatic heterocycles. The second-order valence-corrected chi connectivity index (χ2v) is 5.15. The SMILES string of the molecule is CCOC(=O)C/C(=C\c1ccc(OC)cc1)c1ccc(OC)cc1. The molecule has 24 heavy (non-hydrogen) atoms. The molecule has 4 nitrogen and oxygen atoms in total. The molecule has 2 aromatic carbocycles. The first-order valence-corrected chi connectivity index (χ1v) is 7.81. The molecule has 0 amide bonds. The van der Waals surface area contributed by atoms with Gasteiger partial charge in [-0.25, -0.2) is 0 Å². The number of benzene rings is 2. The van der Waals surface area contributed by atoms with Crippen LogP contribution in [0.1, 0.15) is 24.5 Å². The topological polar surface area (TPSA) is 44.8 Å². The van der Waals surface area contributed by atoms with Gasteiger partial charge in [0.25, 0.3) is 0 Å². The van der Waals surface area contributed by atoms with Crippen molar-refractivity contribution in [1.82, 2.24) is 0 Å². The van der Waals surface area contributed by atoms with Crippen LogP contribution in [0.2, 0.25) is 0 Å². The molecule has 0 fully saturated rings. The highest BCUT2D eigenvalue weighted by Gasteiger charge is 2.10. The lowest BCUT2D eigenvalue weighted by molar-refractivity contribution is -0.141. The van der Waals surface area contributed by atoms with Crippen LogP contribution in [0, 0.1) is 0 Å². The molecule has 0 N–H and O–H groups in total. The lowest BCUT2D eigenvalue weighted by Gasteiger charge is -2.09. The molecule has 0 aliphatic carbocycles. The summed E-state index contributed by atoms with van der Waals surface area (Å²) in [5, 5.41) is 0. The highest BCUT2D eigenvalue weighted by atomic mass is 16.5. The van der Waals surface area contributed by atoms with Gasteiger partial charge >= 0.3 is 5.97 Å². The van der Waals surface area contributed by atoms with Crippen LogP contribution in [0.25, 0.3) is 11.6 Å². The molecule has 0 saturated heterocycles. The molecule has 0 bridgehead atoms. The summed E-state index contributed by atoms with van der Waals surface area (Å²) in [5.41, 5.74) is 2.84. The molecule has 0 unspecified atom stereocenters. The Morgan fingerprint density at radius 1 is 0.917 bits per heavy atom. The van der Waals surface area contributed by atoms with E-state index in [4.69, 9.17) is 14.2 Å². The minimum Gasteiger partial charge on any atom is -0.497 e. The maximum absolute atomic E-state index is 11.9. The highest BCUT2D eigenvalue weighted by Crippen LogP contribution is 2.25. The van der Waals surface area contributed by atoms with Crippen molar-refractivity contribution in [2.75, 3.05) is 20.8 Å². The first kappa shape index (κ1) is 17.6. The second kappa shape index (κ2) is 8.77. The van der Waals surface area contributed by atoms with E-state index in [1.807, 2.05) is 54.6 Å². The number of hydrogen-bond acceptors (Lipinski definition) is 4. The third kappa shape index (κ3) is 4.88. The molecule has 0 spiro atoms. The first-order valence-electron chi connectivity index (χ1n) is 7.81. The fourth-order valence-electron chi connectivity index (χ4n) is 2.31. The molecular formula is C20H22O4. The summed E-state index contributed by atoms with van der Waals surface area (Å²) < 4.78 is 15.4. The number of ether oxygens (including phenoxy) is 3. The van der Waals surface area contributed by atoms with E-state index in [0.29, 0.717) is 6.61 Å². The fourth-order valence-corrected chi connectivity index (χ4v) is 2.31. The van der Waals surface area contributed by atoms with E-state index in [1.54, 1.807) is 21.1 Å². The average Bonchev–Trinajstić information content (AvgIpc) is 2.62. The summed E-state index contributed by atoms with van der Waals surface area (Å²) in [4.78, 5) is 11.9. The third-order valence-electron chi connectivity index (χ3n) is 3.56. The van der Waals surface area contributed by atoms with E-state index in [-0.39, 0.29) is 12.4 Å². The Bertz CT molecular complexity index is 685. The Labute approximate surface area is 142 Å². The van der Waals surface area contributed by atoms with Gasteiger partial charge in [0.05, 0.1) is 27.2 Å². The van der Waals surface area contributed by atoms with Crippen LogP contribution >= 0.6 is 0 Å². The molecular weight excluding hydrogens is 304 g/mol. The molecule has 2 rings (SSSR count). The summed E-state index contributed by atoms with van der Waals surface area (Å²) >= 11 is 0. The third-order valence-corrected chi connectivity index (χ3v) is 3.56. The zero-order chi connectivity index (χ0) is 17.4. The van der Waals surface area contributed by atoms with E-state index >= 15 is 0 Å². The van der Waals surface area contributed by atoms with Crippen molar-refractivity contribution < 1.29 is 19.0 Å². The van der Waals surface area contributed by atoms with Crippen molar-refractivity contribution in [2.45, 2.75) is 13.3 Å². The number of carbonyl (C=O) groups is 1. The monoisotopic (exact) mass is 326 g/mol. The van der Waals surface area contributed by atoms with Crippen LogP contribution in [-0.4, -0.2) is 26.8 Å². The standard InChI is InChI=1S/C20H22O4/c1-4-24-20(21)14-17(16-7-11-19(23-3)12-8-16)13-15-5-9-18(22-2)10-6-15/h5-13H,4,14H2,1-3H3/b17-13+. The van der Waals surface area contributed by atoms with Crippen LogP contribution < -0.4 is 9.47 Å². The van der Waals surface area contributed by atoms with Crippen LogP contribution in [0.5, 0.6) is 11.5 Å². The Kier molecular flexibility index (Phi) is 6.43. The Morgan fingerprint density at radius 3 is 1.96 bits per heavy atom. The molecule has 0 saturated carbocycles. The van der Waals surface area contributed by atoms with Crippen LogP contribution in [0.15, 0.2) is 48.5 Å². The van der Waals surface area contributed by atoms with Gasteiger partial charge < -0.3 is 14.2 Å². The van der Waals surface area contributed by atoms with Crippen LogP contribution in [-0.2, 0) is 9.53 Å². The second-order valence-electron chi connectivity index (χ2n) is 5.15. The van der Waals surface area contributed by atoms with E-state index in [0.717, 1.165) is 28.2 Å². The summed E-state index contributed by atoms with van der Waals surface area (Å²) in [5.74, 6) is 1.33. The summed E-state index contributed by atoms with van der Waals surface area (Å²) in [7, 11) is 3.26. The number of hydrogen-bond donors (Lipinski definition) is 0. The molecule has 126 valence electrons. The Morgan fingerprint density at radius 2 is 1.46 bits per heavy atom. The van der Waals surface area contributed by atoms with Crippen molar-refractivity contribution in [3.8, 4) is 11.5 Å². The number of esters is 1.